The Kier molecular flexibility index (Phi) is 3.17. The van der Waals surface area contributed by atoms with Crippen molar-refractivity contribution in [1.29, 1.82) is 0 Å². The molecule has 1 aliphatic rings. The van der Waals surface area contributed by atoms with Crippen LogP contribution in [-0.4, -0.2) is 15.0 Å². The lowest BCUT2D eigenvalue weighted by atomic mass is 10.1. The molecule has 22 heavy (non-hydrogen) atoms. The van der Waals surface area contributed by atoms with E-state index in [0.717, 1.165) is 10.1 Å². The Morgan fingerprint density at radius 3 is 2.27 bits per heavy atom. The van der Waals surface area contributed by atoms with E-state index in [0.29, 0.717) is 5.70 Å². The van der Waals surface area contributed by atoms with Crippen molar-refractivity contribution in [2.45, 2.75) is 0 Å². The molecule has 0 saturated heterocycles. The number of aromatic nitrogens is 2. The minimum Gasteiger partial charge on any atom is -0.347 e. The Morgan fingerprint density at radius 2 is 1.59 bits per heavy atom. The van der Waals surface area contributed by atoms with Crippen LogP contribution in [0, 0.1) is 0 Å². The summed E-state index contributed by atoms with van der Waals surface area (Å²) in [6.45, 7) is 0. The molecular weight excluding hydrogens is 284 g/mol. The standard InChI is InChI=1S/C15H14N4O3/c1-18-13-12(14(21)19(2)15(18)22)16-10(8-11(20)17-13)9-6-4-3-5-7-9/h3-8,16H,1-2H3,(H,17,20). The normalized spacial score (nSPS) is 13.5. The number of anilines is 2. The molecular formula is C15H14N4O3. The van der Waals surface area contributed by atoms with Crippen LogP contribution in [0.5, 0.6) is 0 Å². The quantitative estimate of drug-likeness (QED) is 0.802. The van der Waals surface area contributed by atoms with Crippen molar-refractivity contribution in [3.05, 3.63) is 62.8 Å². The van der Waals surface area contributed by atoms with E-state index < -0.39 is 17.2 Å². The summed E-state index contributed by atoms with van der Waals surface area (Å²) in [6.07, 6.45) is 1.36. The van der Waals surface area contributed by atoms with Crippen molar-refractivity contribution in [3.8, 4) is 0 Å². The fourth-order valence-electron chi connectivity index (χ4n) is 2.33. The third-order valence-electron chi connectivity index (χ3n) is 3.53. The van der Waals surface area contributed by atoms with Crippen molar-refractivity contribution in [3.63, 3.8) is 0 Å². The van der Waals surface area contributed by atoms with E-state index in [1.807, 2.05) is 30.3 Å². The fraction of sp³-hybridized carbons (Fsp3) is 0.133. The molecule has 0 aliphatic carbocycles. The molecule has 2 N–H and O–H groups in total. The highest BCUT2D eigenvalue weighted by atomic mass is 16.2. The van der Waals surface area contributed by atoms with Crippen LogP contribution in [0.1, 0.15) is 5.56 Å². The summed E-state index contributed by atoms with van der Waals surface area (Å²) >= 11 is 0. The number of amides is 1. The lowest BCUT2D eigenvalue weighted by Gasteiger charge is -2.14. The summed E-state index contributed by atoms with van der Waals surface area (Å²) in [4.78, 5) is 36.3. The number of fused-ring (bicyclic) bond motifs is 1. The maximum absolute atomic E-state index is 12.3. The van der Waals surface area contributed by atoms with Gasteiger partial charge >= 0.3 is 5.69 Å². The molecule has 7 heteroatoms. The van der Waals surface area contributed by atoms with Gasteiger partial charge in [-0.15, -0.1) is 0 Å². The highest BCUT2D eigenvalue weighted by molar-refractivity contribution is 6.09. The van der Waals surface area contributed by atoms with Gasteiger partial charge in [0.05, 0.1) is 5.70 Å². The maximum atomic E-state index is 12.3. The smallest absolute Gasteiger partial charge is 0.332 e. The van der Waals surface area contributed by atoms with E-state index in [-0.39, 0.29) is 11.5 Å². The zero-order valence-electron chi connectivity index (χ0n) is 12.1. The lowest BCUT2D eigenvalue weighted by Crippen LogP contribution is -2.39. The fourth-order valence-corrected chi connectivity index (χ4v) is 2.33. The van der Waals surface area contributed by atoms with E-state index in [1.165, 1.54) is 24.7 Å². The van der Waals surface area contributed by atoms with Crippen LogP contribution < -0.4 is 21.9 Å². The topological polar surface area (TPSA) is 85.1 Å². The molecule has 0 fully saturated rings. The SMILES string of the molecule is Cn1c2c(c(=O)n(C)c1=O)NC(c1ccccc1)=CC(=O)N2. The highest BCUT2D eigenvalue weighted by Gasteiger charge is 2.21. The van der Waals surface area contributed by atoms with Crippen molar-refractivity contribution >= 4 is 23.1 Å². The summed E-state index contributed by atoms with van der Waals surface area (Å²) in [5, 5.41) is 5.54. The van der Waals surface area contributed by atoms with E-state index in [4.69, 9.17) is 0 Å². The molecule has 7 nitrogen and oxygen atoms in total. The Bertz CT molecular complexity index is 907. The highest BCUT2D eigenvalue weighted by Crippen LogP contribution is 2.24. The predicted octanol–water partition coefficient (Wildman–Crippen LogP) is 0.489. The van der Waals surface area contributed by atoms with Crippen LogP contribution in [0.15, 0.2) is 46.0 Å². The molecule has 0 spiro atoms. The van der Waals surface area contributed by atoms with Crippen molar-refractivity contribution in [2.24, 2.45) is 14.1 Å². The van der Waals surface area contributed by atoms with Gasteiger partial charge in [0.15, 0.2) is 0 Å². The van der Waals surface area contributed by atoms with E-state index >= 15 is 0 Å². The maximum Gasteiger partial charge on any atom is 0.332 e. The molecule has 0 atom stereocenters. The molecule has 0 unspecified atom stereocenters. The second-order valence-electron chi connectivity index (χ2n) is 4.97. The first kappa shape index (κ1) is 13.9. The van der Waals surface area contributed by atoms with Crippen LogP contribution in [0.4, 0.5) is 11.5 Å². The number of hydrogen-bond acceptors (Lipinski definition) is 4. The number of rotatable bonds is 1. The Morgan fingerprint density at radius 1 is 0.909 bits per heavy atom. The molecule has 2 heterocycles. The third-order valence-corrected chi connectivity index (χ3v) is 3.53. The van der Waals surface area contributed by atoms with E-state index in [2.05, 4.69) is 10.6 Å². The van der Waals surface area contributed by atoms with Crippen LogP contribution in [-0.2, 0) is 18.9 Å². The Hall–Kier alpha value is -3.09. The minimum absolute atomic E-state index is 0.153. The van der Waals surface area contributed by atoms with Gasteiger partial charge in [-0.1, -0.05) is 30.3 Å². The van der Waals surface area contributed by atoms with E-state index in [9.17, 15) is 14.4 Å². The minimum atomic E-state index is -0.506. The van der Waals surface area contributed by atoms with Gasteiger partial charge in [-0.05, 0) is 5.56 Å². The number of hydrogen-bond donors (Lipinski definition) is 2. The first-order valence-corrected chi connectivity index (χ1v) is 6.64. The molecule has 1 amide bonds. The largest absolute Gasteiger partial charge is 0.347 e. The van der Waals surface area contributed by atoms with Crippen LogP contribution in [0.25, 0.3) is 5.70 Å². The van der Waals surface area contributed by atoms with Crippen LogP contribution >= 0.6 is 0 Å². The molecule has 112 valence electrons. The number of carbonyl (C=O) groups is 1. The van der Waals surface area contributed by atoms with Crippen LogP contribution in [0.2, 0.25) is 0 Å². The van der Waals surface area contributed by atoms with Gasteiger partial charge in [-0.3, -0.25) is 18.7 Å². The predicted molar refractivity (Wildman–Crippen MR) is 83.6 cm³/mol. The Labute approximate surface area is 125 Å². The monoisotopic (exact) mass is 298 g/mol. The molecule has 0 saturated carbocycles. The first-order chi connectivity index (χ1) is 10.5. The van der Waals surface area contributed by atoms with Gasteiger partial charge in [0, 0.05) is 20.2 Å². The van der Waals surface area contributed by atoms with Gasteiger partial charge in [-0.2, -0.15) is 0 Å². The van der Waals surface area contributed by atoms with Gasteiger partial charge in [0.25, 0.3) is 11.5 Å². The zero-order valence-corrected chi connectivity index (χ0v) is 12.1. The molecule has 1 aromatic carbocycles. The summed E-state index contributed by atoms with van der Waals surface area (Å²) in [5.74, 6) is -0.256. The van der Waals surface area contributed by atoms with Gasteiger partial charge < -0.3 is 10.6 Å². The third kappa shape index (κ3) is 2.12. The number of benzene rings is 1. The average molecular weight is 298 g/mol. The molecule has 2 aromatic rings. The molecule has 1 aliphatic heterocycles. The second-order valence-corrected chi connectivity index (χ2v) is 4.97. The molecule has 3 rings (SSSR count). The first-order valence-electron chi connectivity index (χ1n) is 6.64. The summed E-state index contributed by atoms with van der Waals surface area (Å²) in [6, 6.07) is 9.17. The Balaban J connectivity index is 2.23. The van der Waals surface area contributed by atoms with E-state index in [1.54, 1.807) is 0 Å². The molecule has 1 aromatic heterocycles. The molecule has 0 radical (unpaired) electrons. The van der Waals surface area contributed by atoms with Crippen LogP contribution in [0.3, 0.4) is 0 Å². The van der Waals surface area contributed by atoms with Gasteiger partial charge in [0.2, 0.25) is 0 Å². The summed E-state index contributed by atoms with van der Waals surface area (Å²) in [7, 11) is 2.89. The summed E-state index contributed by atoms with van der Waals surface area (Å²) in [5.41, 5.74) is 0.413. The van der Waals surface area contributed by atoms with Gasteiger partial charge in [0.1, 0.15) is 11.5 Å². The second kappa shape index (κ2) is 5.03. The van der Waals surface area contributed by atoms with Crippen molar-refractivity contribution < 1.29 is 4.79 Å². The van der Waals surface area contributed by atoms with Crippen molar-refractivity contribution in [1.82, 2.24) is 9.13 Å². The van der Waals surface area contributed by atoms with Gasteiger partial charge in [-0.25, -0.2) is 4.79 Å². The summed E-state index contributed by atoms with van der Waals surface area (Å²) < 4.78 is 2.22. The number of nitrogens with zero attached hydrogens (tertiary/aromatic N) is 2. The molecule has 0 bridgehead atoms. The zero-order chi connectivity index (χ0) is 15.9. The number of nitrogens with one attached hydrogen (secondary N) is 2. The average Bonchev–Trinajstić information content (AvgIpc) is 2.71. The number of carbonyl (C=O) groups excluding carboxylic acids is 1. The van der Waals surface area contributed by atoms with Crippen molar-refractivity contribution in [2.75, 3.05) is 10.6 Å². The lowest BCUT2D eigenvalue weighted by molar-refractivity contribution is -0.111.